The molecule has 0 radical (unpaired) electrons. The Morgan fingerprint density at radius 3 is 2.56 bits per heavy atom. The summed E-state index contributed by atoms with van der Waals surface area (Å²) in [5.74, 6) is -1.92. The monoisotopic (exact) mass is 225 g/mol. The van der Waals surface area contributed by atoms with Crippen LogP contribution in [-0.2, 0) is 4.79 Å². The van der Waals surface area contributed by atoms with Gasteiger partial charge in [-0.25, -0.2) is 4.39 Å². The number of nitrogens with one attached hydrogen (secondary N) is 1. The lowest BCUT2D eigenvalue weighted by Gasteiger charge is -2.10. The Labute approximate surface area is 91.6 Å². The standard InChI is InChI=1S/C10H12FN3O2/c1-5(9(13)15)14-10(16)6-2-3-8(12)7(11)4-6/h2-5H,12H2,1H3,(H2,13,15)(H,14,16). The van der Waals surface area contributed by atoms with Gasteiger partial charge in [-0.1, -0.05) is 0 Å². The second-order valence-corrected chi connectivity index (χ2v) is 3.33. The van der Waals surface area contributed by atoms with Crippen LogP contribution in [0.25, 0.3) is 0 Å². The Balaban J connectivity index is 2.81. The molecular weight excluding hydrogens is 213 g/mol. The summed E-state index contributed by atoms with van der Waals surface area (Å²) in [6, 6.07) is 2.83. The first kappa shape index (κ1) is 12.0. The minimum atomic E-state index is -0.812. The van der Waals surface area contributed by atoms with Gasteiger partial charge in [0.05, 0.1) is 5.69 Å². The number of hydrogen-bond acceptors (Lipinski definition) is 3. The van der Waals surface area contributed by atoms with Gasteiger partial charge in [-0.3, -0.25) is 9.59 Å². The second kappa shape index (κ2) is 4.61. The largest absolute Gasteiger partial charge is 0.396 e. The summed E-state index contributed by atoms with van der Waals surface area (Å²) in [6.07, 6.45) is 0. The lowest BCUT2D eigenvalue weighted by atomic mass is 10.1. The van der Waals surface area contributed by atoms with Crippen LogP contribution in [0.15, 0.2) is 18.2 Å². The zero-order valence-corrected chi connectivity index (χ0v) is 8.66. The van der Waals surface area contributed by atoms with Gasteiger partial charge in [-0.05, 0) is 25.1 Å². The number of carbonyl (C=O) groups is 2. The van der Waals surface area contributed by atoms with E-state index < -0.39 is 23.7 Å². The number of nitrogens with two attached hydrogens (primary N) is 2. The number of primary amides is 1. The van der Waals surface area contributed by atoms with Gasteiger partial charge >= 0.3 is 0 Å². The van der Waals surface area contributed by atoms with Crippen LogP contribution in [0.2, 0.25) is 0 Å². The lowest BCUT2D eigenvalue weighted by molar-refractivity contribution is -0.119. The molecule has 1 unspecified atom stereocenters. The third kappa shape index (κ3) is 2.69. The Bertz CT molecular complexity index is 434. The van der Waals surface area contributed by atoms with Gasteiger partial charge in [0.2, 0.25) is 5.91 Å². The van der Waals surface area contributed by atoms with E-state index in [1.807, 2.05) is 0 Å². The Morgan fingerprint density at radius 2 is 2.06 bits per heavy atom. The summed E-state index contributed by atoms with van der Waals surface area (Å²) in [5, 5.41) is 2.32. The molecule has 0 fully saturated rings. The first-order valence-electron chi connectivity index (χ1n) is 4.57. The van der Waals surface area contributed by atoms with Gasteiger partial charge in [0.25, 0.3) is 5.91 Å². The summed E-state index contributed by atoms with van der Waals surface area (Å²) in [4.78, 5) is 22.2. The van der Waals surface area contributed by atoms with Gasteiger partial charge in [-0.2, -0.15) is 0 Å². The van der Waals surface area contributed by atoms with E-state index in [1.54, 1.807) is 0 Å². The molecule has 2 amide bonds. The van der Waals surface area contributed by atoms with Crippen molar-refractivity contribution in [2.75, 3.05) is 5.73 Å². The highest BCUT2D eigenvalue weighted by Crippen LogP contribution is 2.11. The molecule has 5 nitrogen and oxygen atoms in total. The topological polar surface area (TPSA) is 98.2 Å². The van der Waals surface area contributed by atoms with E-state index in [2.05, 4.69) is 5.32 Å². The number of anilines is 1. The Kier molecular flexibility index (Phi) is 3.44. The zero-order chi connectivity index (χ0) is 12.3. The fourth-order valence-corrected chi connectivity index (χ4v) is 1.02. The molecule has 0 aliphatic heterocycles. The van der Waals surface area contributed by atoms with Crippen LogP contribution in [0.5, 0.6) is 0 Å². The molecule has 5 N–H and O–H groups in total. The molecule has 0 saturated carbocycles. The van der Waals surface area contributed by atoms with E-state index in [-0.39, 0.29) is 11.3 Å². The summed E-state index contributed by atoms with van der Waals surface area (Å²) in [7, 11) is 0. The number of hydrogen-bond donors (Lipinski definition) is 3. The van der Waals surface area contributed by atoms with E-state index in [1.165, 1.54) is 19.1 Å². The van der Waals surface area contributed by atoms with Crippen molar-refractivity contribution >= 4 is 17.5 Å². The average Bonchev–Trinajstić information content (AvgIpc) is 2.21. The van der Waals surface area contributed by atoms with Crippen molar-refractivity contribution < 1.29 is 14.0 Å². The van der Waals surface area contributed by atoms with Crippen molar-refractivity contribution in [2.45, 2.75) is 13.0 Å². The number of nitrogen functional groups attached to an aromatic ring is 1. The van der Waals surface area contributed by atoms with Crippen LogP contribution in [0.3, 0.4) is 0 Å². The molecule has 0 bridgehead atoms. The summed E-state index contributed by atoms with van der Waals surface area (Å²) >= 11 is 0. The molecule has 0 aromatic heterocycles. The third-order valence-electron chi connectivity index (χ3n) is 2.04. The fraction of sp³-hybridized carbons (Fsp3) is 0.200. The lowest BCUT2D eigenvalue weighted by Crippen LogP contribution is -2.42. The summed E-state index contributed by atoms with van der Waals surface area (Å²) < 4.78 is 13.0. The highest BCUT2D eigenvalue weighted by molar-refractivity contribution is 5.97. The molecule has 0 saturated heterocycles. The van der Waals surface area contributed by atoms with E-state index in [0.717, 1.165) is 6.07 Å². The van der Waals surface area contributed by atoms with Crippen molar-refractivity contribution in [1.29, 1.82) is 0 Å². The van der Waals surface area contributed by atoms with Gasteiger partial charge in [0.1, 0.15) is 11.9 Å². The SMILES string of the molecule is CC(NC(=O)c1ccc(N)c(F)c1)C(N)=O. The molecule has 0 aliphatic carbocycles. The van der Waals surface area contributed by atoms with Crippen LogP contribution >= 0.6 is 0 Å². The minimum absolute atomic E-state index is 0.0421. The predicted octanol–water partition coefficient (Wildman–Crippen LogP) is 0.0115. The number of carbonyl (C=O) groups excluding carboxylic acids is 2. The molecule has 16 heavy (non-hydrogen) atoms. The van der Waals surface area contributed by atoms with Crippen molar-refractivity contribution in [1.82, 2.24) is 5.32 Å². The third-order valence-corrected chi connectivity index (χ3v) is 2.04. The van der Waals surface area contributed by atoms with Crippen LogP contribution in [-0.4, -0.2) is 17.9 Å². The van der Waals surface area contributed by atoms with Gasteiger partial charge in [-0.15, -0.1) is 0 Å². The predicted molar refractivity (Wildman–Crippen MR) is 56.9 cm³/mol. The van der Waals surface area contributed by atoms with Gasteiger partial charge < -0.3 is 16.8 Å². The molecular formula is C10H12FN3O2. The normalized spacial score (nSPS) is 11.9. The average molecular weight is 225 g/mol. The molecule has 0 spiro atoms. The Morgan fingerprint density at radius 1 is 1.44 bits per heavy atom. The first-order valence-corrected chi connectivity index (χ1v) is 4.57. The van der Waals surface area contributed by atoms with Crippen LogP contribution in [0.4, 0.5) is 10.1 Å². The van der Waals surface area contributed by atoms with Crippen LogP contribution in [0, 0.1) is 5.82 Å². The molecule has 0 aliphatic rings. The van der Waals surface area contributed by atoms with Crippen molar-refractivity contribution in [3.05, 3.63) is 29.6 Å². The second-order valence-electron chi connectivity index (χ2n) is 3.33. The maximum Gasteiger partial charge on any atom is 0.252 e. The van der Waals surface area contributed by atoms with Gasteiger partial charge in [0.15, 0.2) is 0 Å². The molecule has 6 heteroatoms. The number of benzene rings is 1. The number of halogens is 1. The van der Waals surface area contributed by atoms with Crippen molar-refractivity contribution in [2.24, 2.45) is 5.73 Å². The highest BCUT2D eigenvalue weighted by atomic mass is 19.1. The molecule has 86 valence electrons. The number of amides is 2. The van der Waals surface area contributed by atoms with E-state index in [9.17, 15) is 14.0 Å². The fourth-order valence-electron chi connectivity index (χ4n) is 1.02. The molecule has 1 aromatic rings. The molecule has 1 rings (SSSR count). The number of rotatable bonds is 3. The molecule has 1 aromatic carbocycles. The molecule has 1 atom stereocenters. The maximum absolute atomic E-state index is 13.0. The van der Waals surface area contributed by atoms with E-state index >= 15 is 0 Å². The van der Waals surface area contributed by atoms with Gasteiger partial charge in [0, 0.05) is 5.56 Å². The van der Waals surface area contributed by atoms with Crippen molar-refractivity contribution in [3.8, 4) is 0 Å². The zero-order valence-electron chi connectivity index (χ0n) is 8.66. The smallest absolute Gasteiger partial charge is 0.252 e. The van der Waals surface area contributed by atoms with Crippen LogP contribution in [0.1, 0.15) is 17.3 Å². The Hall–Kier alpha value is -2.11. The summed E-state index contributed by atoms with van der Waals surface area (Å²) in [6.45, 7) is 1.44. The van der Waals surface area contributed by atoms with Crippen LogP contribution < -0.4 is 16.8 Å². The van der Waals surface area contributed by atoms with E-state index in [4.69, 9.17) is 11.5 Å². The first-order chi connectivity index (χ1) is 7.41. The van der Waals surface area contributed by atoms with Crippen molar-refractivity contribution in [3.63, 3.8) is 0 Å². The quantitative estimate of drug-likeness (QED) is 0.632. The maximum atomic E-state index is 13.0. The minimum Gasteiger partial charge on any atom is -0.396 e. The van der Waals surface area contributed by atoms with E-state index in [0.29, 0.717) is 0 Å². The highest BCUT2D eigenvalue weighted by Gasteiger charge is 2.14. The summed E-state index contributed by atoms with van der Waals surface area (Å²) in [5.41, 5.74) is 10.3. The molecule has 0 heterocycles.